The Balaban J connectivity index is 1.94. The summed E-state index contributed by atoms with van der Waals surface area (Å²) in [6, 6.07) is 33.1. The largest absolute Gasteiger partial charge is 0.381 e. The molecule has 0 spiro atoms. The lowest BCUT2D eigenvalue weighted by atomic mass is 9.74. The van der Waals surface area contributed by atoms with Crippen LogP contribution in [0, 0.1) is 11.8 Å². The van der Waals surface area contributed by atoms with Crippen molar-refractivity contribution in [1.29, 1.82) is 0 Å². The quantitative estimate of drug-likeness (QED) is 0.421. The van der Waals surface area contributed by atoms with Crippen LogP contribution in [0.1, 0.15) is 37.5 Å². The number of morpholine rings is 1. The van der Waals surface area contributed by atoms with Crippen molar-refractivity contribution in [3.05, 3.63) is 108 Å². The smallest absolute Gasteiger partial charge is 0.140 e. The first kappa shape index (κ1) is 21.9. The Morgan fingerprint density at radius 2 is 1.16 bits per heavy atom. The van der Waals surface area contributed by atoms with Crippen LogP contribution in [0.2, 0.25) is 0 Å². The topological polar surface area (TPSA) is 12.5 Å². The molecule has 0 aromatic heterocycles. The van der Waals surface area contributed by atoms with Crippen LogP contribution >= 0.6 is 0 Å². The predicted octanol–water partition coefficient (Wildman–Crippen LogP) is 4.93. The number of benzene rings is 3. The van der Waals surface area contributed by atoms with Gasteiger partial charge in [0.25, 0.3) is 0 Å². The lowest BCUT2D eigenvalue weighted by Gasteiger charge is -2.51. The van der Waals surface area contributed by atoms with Gasteiger partial charge >= 0.3 is 0 Å². The third-order valence-electron chi connectivity index (χ3n) is 6.97. The van der Waals surface area contributed by atoms with E-state index >= 15 is 0 Å². The molecule has 1 fully saturated rings. The van der Waals surface area contributed by atoms with Crippen molar-refractivity contribution >= 4 is 7.85 Å². The zero-order valence-electron chi connectivity index (χ0n) is 19.2. The van der Waals surface area contributed by atoms with E-state index < -0.39 is 0 Å². The monoisotopic (exact) mass is 411 g/mol. The molecule has 0 N–H and O–H groups in total. The third-order valence-corrected chi connectivity index (χ3v) is 6.97. The molecule has 0 saturated carbocycles. The van der Waals surface area contributed by atoms with Gasteiger partial charge in [-0.1, -0.05) is 112 Å². The Morgan fingerprint density at radius 1 is 0.742 bits per heavy atom. The maximum atomic E-state index is 6.50. The summed E-state index contributed by atoms with van der Waals surface area (Å²) in [5.41, 5.74) is 3.55. The second-order valence-electron chi connectivity index (χ2n) is 9.30. The van der Waals surface area contributed by atoms with Crippen molar-refractivity contribution in [2.45, 2.75) is 38.4 Å². The molecule has 0 amide bonds. The second kappa shape index (κ2) is 9.42. The fourth-order valence-electron chi connectivity index (χ4n) is 5.07. The van der Waals surface area contributed by atoms with Crippen LogP contribution in [-0.4, -0.2) is 37.9 Å². The van der Waals surface area contributed by atoms with Gasteiger partial charge in [-0.25, -0.2) is 0 Å². The summed E-state index contributed by atoms with van der Waals surface area (Å²) < 4.78 is 6.50. The van der Waals surface area contributed by atoms with E-state index in [1.54, 1.807) is 0 Å². The van der Waals surface area contributed by atoms with Crippen molar-refractivity contribution in [2.24, 2.45) is 11.8 Å². The van der Waals surface area contributed by atoms with Gasteiger partial charge in [-0.05, 0) is 28.5 Å². The van der Waals surface area contributed by atoms with Crippen molar-refractivity contribution < 1.29 is 4.74 Å². The molecule has 160 valence electrons. The molecule has 3 atom stereocenters. The molecule has 0 aliphatic carbocycles. The number of hydrogen-bond donors (Lipinski definition) is 0. The number of ether oxygens (including phenoxy) is 1. The zero-order valence-corrected chi connectivity index (χ0v) is 19.2. The van der Waals surface area contributed by atoms with Gasteiger partial charge < -0.3 is 4.74 Å². The normalized spacial score (nSPS) is 21.2. The van der Waals surface area contributed by atoms with Crippen molar-refractivity contribution in [2.75, 3.05) is 13.1 Å². The Kier molecular flexibility index (Phi) is 6.64. The van der Waals surface area contributed by atoms with Crippen molar-refractivity contribution in [3.63, 3.8) is 0 Å². The molecule has 31 heavy (non-hydrogen) atoms. The van der Waals surface area contributed by atoms with E-state index in [4.69, 9.17) is 4.74 Å². The highest BCUT2D eigenvalue weighted by molar-refractivity contribution is 6.11. The molecule has 0 radical (unpaired) electrons. The standard InChI is InChI=1S/C28H34BNO/c1-21(2)22(3)26-19-30(20-27(29)31-26)28(23-13-7-4-8-14-23,24-15-9-5-10-16-24)25-17-11-6-12-18-25/h4-18,21-22,26-27H,19-20,29H2,1-3H3. The lowest BCUT2D eigenvalue weighted by Crippen LogP contribution is -2.59. The maximum absolute atomic E-state index is 6.50. The van der Waals surface area contributed by atoms with Crippen LogP contribution in [0.5, 0.6) is 0 Å². The van der Waals surface area contributed by atoms with E-state index in [1.807, 2.05) is 0 Å². The van der Waals surface area contributed by atoms with Crippen LogP contribution in [0.3, 0.4) is 0 Å². The highest BCUT2D eigenvalue weighted by Crippen LogP contribution is 2.44. The Labute approximate surface area is 188 Å². The molecule has 3 aromatic carbocycles. The molecule has 3 heteroatoms. The van der Waals surface area contributed by atoms with Gasteiger partial charge in [0.15, 0.2) is 0 Å². The molecule has 0 bridgehead atoms. The van der Waals surface area contributed by atoms with E-state index in [9.17, 15) is 0 Å². The molecule has 1 aliphatic heterocycles. The fraction of sp³-hybridized carbons (Fsp3) is 0.357. The summed E-state index contributed by atoms with van der Waals surface area (Å²) in [7, 11) is 2.22. The fourth-order valence-corrected chi connectivity index (χ4v) is 5.07. The number of nitrogens with zero attached hydrogens (tertiary/aromatic N) is 1. The van der Waals surface area contributed by atoms with E-state index in [0.717, 1.165) is 13.1 Å². The van der Waals surface area contributed by atoms with Crippen LogP contribution in [-0.2, 0) is 10.3 Å². The summed E-state index contributed by atoms with van der Waals surface area (Å²) in [5.74, 6) is 1.07. The highest BCUT2D eigenvalue weighted by atomic mass is 16.5. The van der Waals surface area contributed by atoms with Gasteiger partial charge in [-0.15, -0.1) is 0 Å². The minimum absolute atomic E-state index is 0.176. The average molecular weight is 411 g/mol. The Bertz CT molecular complexity index is 848. The third kappa shape index (κ3) is 4.22. The molecule has 2 nitrogen and oxygen atoms in total. The van der Waals surface area contributed by atoms with Gasteiger partial charge in [0.1, 0.15) is 7.85 Å². The molecule has 1 saturated heterocycles. The van der Waals surface area contributed by atoms with Crippen molar-refractivity contribution in [1.82, 2.24) is 4.90 Å². The van der Waals surface area contributed by atoms with Gasteiger partial charge in [-0.2, -0.15) is 0 Å². The average Bonchev–Trinajstić information content (AvgIpc) is 2.81. The molecule has 3 aromatic rings. The minimum atomic E-state index is -0.364. The minimum Gasteiger partial charge on any atom is -0.381 e. The summed E-state index contributed by atoms with van der Waals surface area (Å²) in [4.78, 5) is 2.67. The molecule has 4 rings (SSSR count). The maximum Gasteiger partial charge on any atom is 0.140 e. The summed E-state index contributed by atoms with van der Waals surface area (Å²) in [5, 5.41) is 0. The molecule has 1 aliphatic rings. The van der Waals surface area contributed by atoms with Crippen LogP contribution < -0.4 is 0 Å². The SMILES string of the molecule is BC1CN(C(c2ccccc2)(c2ccccc2)c2ccccc2)CC(C(C)C(C)C)O1. The molecular weight excluding hydrogens is 377 g/mol. The van der Waals surface area contributed by atoms with Crippen LogP contribution in [0.4, 0.5) is 0 Å². The first-order valence-electron chi connectivity index (χ1n) is 11.6. The molecule has 3 unspecified atom stereocenters. The predicted molar refractivity (Wildman–Crippen MR) is 132 cm³/mol. The summed E-state index contributed by atoms with van der Waals surface area (Å²) in [6.07, 6.45) is 0.208. The molecule has 1 heterocycles. The van der Waals surface area contributed by atoms with Crippen molar-refractivity contribution in [3.8, 4) is 0 Å². The summed E-state index contributed by atoms with van der Waals surface area (Å²) >= 11 is 0. The van der Waals surface area contributed by atoms with E-state index in [0.29, 0.717) is 11.8 Å². The highest BCUT2D eigenvalue weighted by Gasteiger charge is 2.46. The van der Waals surface area contributed by atoms with Crippen LogP contribution in [0.25, 0.3) is 0 Å². The summed E-state index contributed by atoms with van der Waals surface area (Å²) in [6.45, 7) is 8.73. The second-order valence-corrected chi connectivity index (χ2v) is 9.30. The Hall–Kier alpha value is -2.36. The molecular formula is C28H34BNO. The van der Waals surface area contributed by atoms with Gasteiger partial charge in [-0.3, -0.25) is 4.90 Å². The number of hydrogen-bond acceptors (Lipinski definition) is 2. The lowest BCUT2D eigenvalue weighted by molar-refractivity contribution is -0.100. The van der Waals surface area contributed by atoms with E-state index in [-0.39, 0.29) is 17.6 Å². The number of rotatable bonds is 6. The van der Waals surface area contributed by atoms with Gasteiger partial charge in [0, 0.05) is 19.1 Å². The van der Waals surface area contributed by atoms with Gasteiger partial charge in [0.2, 0.25) is 0 Å². The van der Waals surface area contributed by atoms with Gasteiger partial charge in [0.05, 0.1) is 11.6 Å². The van der Waals surface area contributed by atoms with E-state index in [2.05, 4.69) is 125 Å². The van der Waals surface area contributed by atoms with E-state index in [1.165, 1.54) is 16.7 Å². The zero-order chi connectivity index (χ0) is 21.8. The first-order chi connectivity index (χ1) is 15.0. The first-order valence-corrected chi connectivity index (χ1v) is 11.6. The Morgan fingerprint density at radius 3 is 1.55 bits per heavy atom. The van der Waals surface area contributed by atoms with Crippen LogP contribution in [0.15, 0.2) is 91.0 Å².